The molecule has 0 radical (unpaired) electrons. The molecule has 90 valence electrons. The van der Waals surface area contributed by atoms with Crippen molar-refractivity contribution in [3.8, 4) is 0 Å². The van der Waals surface area contributed by atoms with E-state index in [0.717, 1.165) is 0 Å². The van der Waals surface area contributed by atoms with Crippen LogP contribution in [0, 0.1) is 0 Å². The molecule has 0 spiro atoms. The number of aromatic nitrogens is 1. The first-order chi connectivity index (χ1) is 7.27. The molecule has 1 rings (SSSR count). The Labute approximate surface area is 94.6 Å². The van der Waals surface area contributed by atoms with Gasteiger partial charge in [0, 0.05) is 16.6 Å². The molecule has 1 N–H and O–H groups in total. The molecule has 8 heteroatoms. The second-order valence-electron chi connectivity index (χ2n) is 2.89. The Morgan fingerprint density at radius 3 is 2.31 bits per heavy atom. The van der Waals surface area contributed by atoms with Gasteiger partial charge in [-0.05, 0) is 6.07 Å². The monoisotopic (exact) mass is 305 g/mol. The summed E-state index contributed by atoms with van der Waals surface area (Å²) in [6.45, 7) is 0. The molecular formula is C8H5BrF5NO. The molecule has 0 fully saturated rings. The number of H-pyrrole nitrogens is 1. The van der Waals surface area contributed by atoms with E-state index in [9.17, 15) is 26.7 Å². The fourth-order valence-electron chi connectivity index (χ4n) is 1.17. The van der Waals surface area contributed by atoms with E-state index in [-0.39, 0.29) is 11.0 Å². The van der Waals surface area contributed by atoms with Gasteiger partial charge in [0.05, 0.1) is 0 Å². The Kier molecular flexibility index (Phi) is 3.72. The third-order valence-electron chi connectivity index (χ3n) is 1.78. The van der Waals surface area contributed by atoms with Crippen molar-refractivity contribution in [3.63, 3.8) is 0 Å². The van der Waals surface area contributed by atoms with E-state index in [0.29, 0.717) is 6.07 Å². The molecular weight excluding hydrogens is 301 g/mol. The Balaban J connectivity index is 3.53. The average Bonchev–Trinajstić information content (AvgIpc) is 2.14. The fourth-order valence-corrected chi connectivity index (χ4v) is 1.47. The van der Waals surface area contributed by atoms with Gasteiger partial charge in [0.25, 0.3) is 12.0 Å². The summed E-state index contributed by atoms with van der Waals surface area (Å²) in [4.78, 5) is 12.9. The molecule has 0 aliphatic rings. The molecule has 1 aromatic rings. The third kappa shape index (κ3) is 2.60. The van der Waals surface area contributed by atoms with Crippen molar-refractivity contribution in [2.75, 3.05) is 0 Å². The number of pyridine rings is 1. The smallest absolute Gasteiger partial charge is 0.325 e. The van der Waals surface area contributed by atoms with Gasteiger partial charge in [0.2, 0.25) is 0 Å². The van der Waals surface area contributed by atoms with Crippen molar-refractivity contribution in [1.29, 1.82) is 0 Å². The van der Waals surface area contributed by atoms with E-state index in [1.807, 2.05) is 4.98 Å². The Bertz CT molecular complexity index is 439. The summed E-state index contributed by atoms with van der Waals surface area (Å²) < 4.78 is 61.8. The van der Waals surface area contributed by atoms with Crippen LogP contribution in [0.1, 0.15) is 23.2 Å². The lowest BCUT2D eigenvalue weighted by Crippen LogP contribution is -2.25. The predicted molar refractivity (Wildman–Crippen MR) is 49.7 cm³/mol. The maximum absolute atomic E-state index is 12.4. The number of alkyl halides is 6. The molecule has 0 aliphatic carbocycles. The second kappa shape index (κ2) is 4.52. The maximum atomic E-state index is 12.4. The summed E-state index contributed by atoms with van der Waals surface area (Å²) in [6.07, 6.45) is -8.44. The van der Waals surface area contributed by atoms with Crippen molar-refractivity contribution < 1.29 is 22.0 Å². The van der Waals surface area contributed by atoms with Crippen LogP contribution in [0.25, 0.3) is 0 Å². The molecule has 1 heterocycles. The molecule has 0 aliphatic heterocycles. The molecule has 0 saturated heterocycles. The molecule has 0 amide bonds. The summed E-state index contributed by atoms with van der Waals surface area (Å²) in [7, 11) is 0. The SMILES string of the molecule is O=c1[nH]c(CBr)cc(C(F)F)c1C(F)(F)F. The van der Waals surface area contributed by atoms with Crippen molar-refractivity contribution in [1.82, 2.24) is 4.98 Å². The van der Waals surface area contributed by atoms with E-state index in [4.69, 9.17) is 0 Å². The van der Waals surface area contributed by atoms with Crippen LogP contribution in [0.5, 0.6) is 0 Å². The van der Waals surface area contributed by atoms with Gasteiger partial charge < -0.3 is 4.98 Å². The number of hydrogen-bond donors (Lipinski definition) is 1. The quantitative estimate of drug-likeness (QED) is 0.660. The van der Waals surface area contributed by atoms with Crippen molar-refractivity contribution in [2.24, 2.45) is 0 Å². The highest BCUT2D eigenvalue weighted by atomic mass is 79.9. The molecule has 16 heavy (non-hydrogen) atoms. The largest absolute Gasteiger partial charge is 0.422 e. The van der Waals surface area contributed by atoms with Crippen LogP contribution in [0.4, 0.5) is 22.0 Å². The molecule has 0 bridgehead atoms. The minimum absolute atomic E-state index is 0.0138. The van der Waals surface area contributed by atoms with Crippen LogP contribution in [-0.2, 0) is 11.5 Å². The van der Waals surface area contributed by atoms with Gasteiger partial charge in [-0.1, -0.05) is 15.9 Å². The maximum Gasteiger partial charge on any atom is 0.422 e. The van der Waals surface area contributed by atoms with E-state index in [1.54, 1.807) is 0 Å². The van der Waals surface area contributed by atoms with Gasteiger partial charge in [-0.3, -0.25) is 4.79 Å². The van der Waals surface area contributed by atoms with Crippen molar-refractivity contribution >= 4 is 15.9 Å². The first-order valence-electron chi connectivity index (χ1n) is 3.94. The van der Waals surface area contributed by atoms with E-state index in [2.05, 4.69) is 15.9 Å². The second-order valence-corrected chi connectivity index (χ2v) is 3.45. The van der Waals surface area contributed by atoms with Gasteiger partial charge in [-0.25, -0.2) is 8.78 Å². The minimum Gasteiger partial charge on any atom is -0.325 e. The first-order valence-corrected chi connectivity index (χ1v) is 5.07. The zero-order valence-electron chi connectivity index (χ0n) is 7.54. The number of halogens is 6. The molecule has 2 nitrogen and oxygen atoms in total. The third-order valence-corrected chi connectivity index (χ3v) is 2.39. The van der Waals surface area contributed by atoms with E-state index in [1.165, 1.54) is 0 Å². The van der Waals surface area contributed by atoms with Gasteiger partial charge in [-0.15, -0.1) is 0 Å². The van der Waals surface area contributed by atoms with Crippen LogP contribution in [0.2, 0.25) is 0 Å². The molecule has 1 aromatic heterocycles. The minimum atomic E-state index is -5.09. The number of aromatic amines is 1. The van der Waals surface area contributed by atoms with Gasteiger partial charge in [-0.2, -0.15) is 13.2 Å². The number of rotatable bonds is 2. The first kappa shape index (κ1) is 13.1. The standard InChI is InChI=1S/C8H5BrF5NO/c9-2-3-1-4(6(10)11)5(7(16)15-3)8(12,13)14/h1,6H,2H2,(H,15,16). The molecule has 0 saturated carbocycles. The highest BCUT2D eigenvalue weighted by Gasteiger charge is 2.39. The van der Waals surface area contributed by atoms with Crippen LogP contribution < -0.4 is 5.56 Å². The van der Waals surface area contributed by atoms with Gasteiger partial charge >= 0.3 is 6.18 Å². The normalized spacial score (nSPS) is 12.2. The number of hydrogen-bond acceptors (Lipinski definition) is 1. The topological polar surface area (TPSA) is 32.9 Å². The summed E-state index contributed by atoms with van der Waals surface area (Å²) in [6, 6.07) is 0.629. The average molecular weight is 306 g/mol. The zero-order valence-corrected chi connectivity index (χ0v) is 9.12. The summed E-state index contributed by atoms with van der Waals surface area (Å²) >= 11 is 2.85. The summed E-state index contributed by atoms with van der Waals surface area (Å²) in [5.41, 5.74) is -4.73. The van der Waals surface area contributed by atoms with Crippen molar-refractivity contribution in [2.45, 2.75) is 17.9 Å². The lowest BCUT2D eigenvalue weighted by molar-refractivity contribution is -0.140. The van der Waals surface area contributed by atoms with E-state index < -0.39 is 29.3 Å². The number of nitrogens with one attached hydrogen (secondary N) is 1. The summed E-state index contributed by atoms with van der Waals surface area (Å²) in [5.74, 6) is 0. The van der Waals surface area contributed by atoms with Gasteiger partial charge in [0.15, 0.2) is 0 Å². The van der Waals surface area contributed by atoms with Crippen molar-refractivity contribution in [3.05, 3.63) is 33.2 Å². The Hall–Kier alpha value is -0.920. The highest BCUT2D eigenvalue weighted by Crippen LogP contribution is 2.34. The molecule has 0 atom stereocenters. The van der Waals surface area contributed by atoms with Gasteiger partial charge in [0.1, 0.15) is 5.56 Å². The van der Waals surface area contributed by atoms with E-state index >= 15 is 0 Å². The summed E-state index contributed by atoms with van der Waals surface area (Å²) in [5, 5.41) is -0.0138. The Morgan fingerprint density at radius 1 is 1.38 bits per heavy atom. The lowest BCUT2D eigenvalue weighted by Gasteiger charge is -2.12. The lowest BCUT2D eigenvalue weighted by atomic mass is 10.1. The Morgan fingerprint density at radius 2 is 1.94 bits per heavy atom. The molecule has 0 aromatic carbocycles. The fraction of sp³-hybridized carbons (Fsp3) is 0.375. The predicted octanol–water partition coefficient (Wildman–Crippen LogP) is 3.23. The van der Waals surface area contributed by atoms with Crippen LogP contribution in [0.3, 0.4) is 0 Å². The van der Waals surface area contributed by atoms with Crippen LogP contribution >= 0.6 is 15.9 Å². The van der Waals surface area contributed by atoms with Crippen LogP contribution in [-0.4, -0.2) is 4.98 Å². The molecule has 0 unspecified atom stereocenters. The van der Waals surface area contributed by atoms with Crippen LogP contribution in [0.15, 0.2) is 10.9 Å². The highest BCUT2D eigenvalue weighted by molar-refractivity contribution is 9.08. The zero-order chi connectivity index (χ0) is 12.5.